The molecule has 0 fully saturated rings. The molecule has 0 aliphatic carbocycles. The van der Waals surface area contributed by atoms with Gasteiger partial charge in [0.1, 0.15) is 0 Å². The molecule has 104 valence electrons. The number of carbonyl (C=O) groups excluding carboxylic acids is 1. The molecule has 1 aliphatic heterocycles. The van der Waals surface area contributed by atoms with Gasteiger partial charge in [-0.1, -0.05) is 54.0 Å². The predicted octanol–water partition coefficient (Wildman–Crippen LogP) is 4.02. The Kier molecular flexibility index (Phi) is 4.30. The van der Waals surface area contributed by atoms with E-state index in [-0.39, 0.29) is 10.8 Å². The van der Waals surface area contributed by atoms with Crippen molar-refractivity contribution < 1.29 is 4.79 Å². The molecule has 18 heavy (non-hydrogen) atoms. The Hall–Kier alpha value is -0.790. The first-order valence-electron chi connectivity index (χ1n) is 7.08. The lowest BCUT2D eigenvalue weighted by Crippen LogP contribution is -2.42. The summed E-state index contributed by atoms with van der Waals surface area (Å²) in [5, 5.41) is 0. The zero-order valence-corrected chi connectivity index (χ0v) is 13.2. The van der Waals surface area contributed by atoms with Crippen LogP contribution in [-0.4, -0.2) is 23.9 Å². The number of hydrogen-bond donors (Lipinski definition) is 0. The quantitative estimate of drug-likeness (QED) is 0.679. The van der Waals surface area contributed by atoms with E-state index in [0.29, 0.717) is 12.3 Å². The summed E-state index contributed by atoms with van der Waals surface area (Å²) in [6.45, 7) is 17.3. The number of hydrogen-bond acceptors (Lipinski definition) is 1. The van der Waals surface area contributed by atoms with Crippen LogP contribution < -0.4 is 0 Å². The third-order valence-corrected chi connectivity index (χ3v) is 3.70. The zero-order valence-electron chi connectivity index (χ0n) is 13.2. The van der Waals surface area contributed by atoms with Crippen LogP contribution in [0.3, 0.4) is 0 Å². The summed E-state index contributed by atoms with van der Waals surface area (Å²) in [5.41, 5.74) is 3.06. The third kappa shape index (κ3) is 3.37. The topological polar surface area (TPSA) is 20.3 Å². The smallest absolute Gasteiger partial charge is 0.226 e. The first-order chi connectivity index (χ1) is 8.07. The van der Waals surface area contributed by atoms with Crippen LogP contribution in [0.2, 0.25) is 0 Å². The Bertz CT molecular complexity index is 352. The minimum atomic E-state index is 0.0938. The van der Waals surface area contributed by atoms with Gasteiger partial charge >= 0.3 is 0 Å². The second kappa shape index (κ2) is 5.07. The molecule has 1 heterocycles. The summed E-state index contributed by atoms with van der Waals surface area (Å²) in [6, 6.07) is 0. The zero-order chi connectivity index (χ0) is 14.1. The lowest BCUT2D eigenvalue weighted by molar-refractivity contribution is -0.131. The van der Waals surface area contributed by atoms with Crippen molar-refractivity contribution in [3.05, 3.63) is 11.1 Å². The predicted molar refractivity (Wildman–Crippen MR) is 77.4 cm³/mol. The maximum Gasteiger partial charge on any atom is 0.226 e. The van der Waals surface area contributed by atoms with E-state index < -0.39 is 0 Å². The molecular weight excluding hydrogens is 222 g/mol. The molecule has 1 aliphatic rings. The monoisotopic (exact) mass is 251 g/mol. The lowest BCUT2D eigenvalue weighted by Gasteiger charge is -2.40. The van der Waals surface area contributed by atoms with Crippen molar-refractivity contribution in [1.82, 2.24) is 4.90 Å². The highest BCUT2D eigenvalue weighted by Gasteiger charge is 2.35. The van der Waals surface area contributed by atoms with E-state index >= 15 is 0 Å². The van der Waals surface area contributed by atoms with Crippen LogP contribution in [-0.2, 0) is 4.79 Å². The van der Waals surface area contributed by atoms with Gasteiger partial charge in [-0.05, 0) is 22.8 Å². The molecule has 0 aromatic heterocycles. The van der Waals surface area contributed by atoms with Gasteiger partial charge in [0.05, 0.1) is 0 Å². The van der Waals surface area contributed by atoms with Crippen LogP contribution in [0.5, 0.6) is 0 Å². The molecule has 0 atom stereocenters. The molecule has 0 radical (unpaired) electrons. The van der Waals surface area contributed by atoms with Gasteiger partial charge in [-0.15, -0.1) is 0 Å². The highest BCUT2D eigenvalue weighted by atomic mass is 16.2. The van der Waals surface area contributed by atoms with Crippen LogP contribution in [0.15, 0.2) is 11.1 Å². The Labute approximate surface area is 112 Å². The van der Waals surface area contributed by atoms with Crippen molar-refractivity contribution in [3.8, 4) is 0 Å². The molecule has 1 rings (SSSR count). The second-order valence-corrected chi connectivity index (χ2v) is 7.45. The number of rotatable bonds is 2. The second-order valence-electron chi connectivity index (χ2n) is 7.45. The van der Waals surface area contributed by atoms with E-state index in [9.17, 15) is 4.79 Å². The molecule has 0 aromatic rings. The van der Waals surface area contributed by atoms with Crippen molar-refractivity contribution in [2.45, 2.75) is 61.3 Å². The number of nitrogens with zero attached hydrogens (tertiary/aromatic N) is 1. The largest absolute Gasteiger partial charge is 0.338 e. The van der Waals surface area contributed by atoms with Crippen LogP contribution in [0.1, 0.15) is 61.3 Å². The van der Waals surface area contributed by atoms with Crippen molar-refractivity contribution >= 4 is 5.91 Å². The Morgan fingerprint density at radius 1 is 1.00 bits per heavy atom. The van der Waals surface area contributed by atoms with Gasteiger partial charge < -0.3 is 4.90 Å². The van der Waals surface area contributed by atoms with Crippen molar-refractivity contribution in [1.29, 1.82) is 0 Å². The summed E-state index contributed by atoms with van der Waals surface area (Å²) >= 11 is 0. The molecule has 0 unspecified atom stereocenters. The molecule has 1 amide bonds. The first kappa shape index (κ1) is 15.3. The summed E-state index contributed by atoms with van der Waals surface area (Å²) < 4.78 is 0. The van der Waals surface area contributed by atoms with Crippen molar-refractivity contribution in [2.75, 3.05) is 13.1 Å². The Morgan fingerprint density at radius 3 is 1.89 bits per heavy atom. The molecule has 0 saturated carbocycles. The summed E-state index contributed by atoms with van der Waals surface area (Å²) in [5.74, 6) is 0.301. The van der Waals surface area contributed by atoms with E-state index in [0.717, 1.165) is 19.5 Å². The fraction of sp³-hybridized carbons (Fsp3) is 0.812. The molecule has 0 bridgehead atoms. The average Bonchev–Trinajstić information content (AvgIpc) is 2.17. The van der Waals surface area contributed by atoms with Crippen LogP contribution in [0.4, 0.5) is 0 Å². The standard InChI is InChI=1S/C16H29NO/c1-8-9-17-11-13(16(5,6)7)12(10-14(17)18)15(2,3)4/h8-11H2,1-7H3. The highest BCUT2D eigenvalue weighted by Crippen LogP contribution is 2.41. The van der Waals surface area contributed by atoms with Crippen molar-refractivity contribution in [2.24, 2.45) is 10.8 Å². The van der Waals surface area contributed by atoms with Gasteiger partial charge in [-0.2, -0.15) is 0 Å². The molecular formula is C16H29NO. The van der Waals surface area contributed by atoms with Gasteiger partial charge in [0.25, 0.3) is 0 Å². The van der Waals surface area contributed by atoms with E-state index in [2.05, 4.69) is 48.5 Å². The lowest BCUT2D eigenvalue weighted by atomic mass is 9.72. The molecule has 2 heteroatoms. The van der Waals surface area contributed by atoms with Crippen LogP contribution in [0.25, 0.3) is 0 Å². The normalized spacial score (nSPS) is 18.6. The first-order valence-corrected chi connectivity index (χ1v) is 7.08. The fourth-order valence-electron chi connectivity index (χ4n) is 2.63. The minimum absolute atomic E-state index is 0.0938. The average molecular weight is 251 g/mol. The van der Waals surface area contributed by atoms with Crippen LogP contribution in [0, 0.1) is 10.8 Å². The number of amides is 1. The van der Waals surface area contributed by atoms with Gasteiger partial charge in [0.2, 0.25) is 5.91 Å². The maximum absolute atomic E-state index is 12.2. The van der Waals surface area contributed by atoms with Gasteiger partial charge in [0, 0.05) is 19.5 Å². The Morgan fingerprint density at radius 2 is 1.50 bits per heavy atom. The molecule has 0 saturated heterocycles. The summed E-state index contributed by atoms with van der Waals surface area (Å²) in [4.78, 5) is 14.2. The van der Waals surface area contributed by atoms with E-state index in [1.807, 2.05) is 4.90 Å². The summed E-state index contributed by atoms with van der Waals surface area (Å²) in [7, 11) is 0. The van der Waals surface area contributed by atoms with E-state index in [1.165, 1.54) is 11.1 Å². The third-order valence-electron chi connectivity index (χ3n) is 3.70. The SMILES string of the molecule is CCCN1CC(C(C)(C)C)=C(C(C)(C)C)CC1=O. The van der Waals surface area contributed by atoms with E-state index in [1.54, 1.807) is 0 Å². The Balaban J connectivity index is 3.18. The van der Waals surface area contributed by atoms with E-state index in [4.69, 9.17) is 0 Å². The van der Waals surface area contributed by atoms with Gasteiger partial charge in [0.15, 0.2) is 0 Å². The highest BCUT2D eigenvalue weighted by molar-refractivity contribution is 5.81. The van der Waals surface area contributed by atoms with Crippen molar-refractivity contribution in [3.63, 3.8) is 0 Å². The minimum Gasteiger partial charge on any atom is -0.338 e. The summed E-state index contributed by atoms with van der Waals surface area (Å²) in [6.07, 6.45) is 1.64. The maximum atomic E-state index is 12.2. The van der Waals surface area contributed by atoms with Gasteiger partial charge in [-0.25, -0.2) is 0 Å². The van der Waals surface area contributed by atoms with Gasteiger partial charge in [-0.3, -0.25) is 4.79 Å². The molecule has 0 spiro atoms. The molecule has 0 N–H and O–H groups in total. The fourth-order valence-corrected chi connectivity index (χ4v) is 2.63. The van der Waals surface area contributed by atoms with Crippen LogP contribution >= 0.6 is 0 Å². The molecule has 0 aromatic carbocycles. The number of carbonyl (C=O) groups is 1. The molecule has 2 nitrogen and oxygen atoms in total.